The molecule has 0 aliphatic carbocycles. The molecule has 2 amide bonds. The molecule has 4 rings (SSSR count). The maximum Gasteiger partial charge on any atom is 0.270 e. The summed E-state index contributed by atoms with van der Waals surface area (Å²) < 4.78 is 13.2. The monoisotopic (exact) mass is 600 g/mol. The SMILES string of the molecule is COc1cc(/C=C2\C(=O)NC(=S)N(c3cccc(Br)c3)C2=O)ccc1OCc1ccc(Br)cc1. The molecule has 6 nitrogen and oxygen atoms in total. The number of hydrogen-bond donors (Lipinski definition) is 1. The van der Waals surface area contributed by atoms with E-state index in [4.69, 9.17) is 21.7 Å². The number of carbonyl (C=O) groups is 2. The lowest BCUT2D eigenvalue weighted by Gasteiger charge is -2.29. The predicted octanol–water partition coefficient (Wildman–Crippen LogP) is 5.63. The van der Waals surface area contributed by atoms with Gasteiger partial charge in [0.15, 0.2) is 16.6 Å². The summed E-state index contributed by atoms with van der Waals surface area (Å²) in [5.74, 6) is -0.0458. The van der Waals surface area contributed by atoms with E-state index in [9.17, 15) is 9.59 Å². The number of nitrogens with one attached hydrogen (secondary N) is 1. The second kappa shape index (κ2) is 10.5. The number of halogens is 2. The molecule has 1 heterocycles. The fourth-order valence-corrected chi connectivity index (χ4v) is 4.24. The molecule has 0 saturated carbocycles. The molecule has 172 valence electrons. The van der Waals surface area contributed by atoms with Crippen LogP contribution in [-0.4, -0.2) is 24.0 Å². The first-order valence-corrected chi connectivity index (χ1v) is 12.1. The van der Waals surface area contributed by atoms with Crippen LogP contribution in [0.5, 0.6) is 11.5 Å². The molecule has 0 unspecified atom stereocenters. The molecule has 3 aromatic carbocycles. The molecular formula is C25H18Br2N2O4S. The Hall–Kier alpha value is -3.01. The Morgan fingerprint density at radius 1 is 0.971 bits per heavy atom. The van der Waals surface area contributed by atoms with Crippen molar-refractivity contribution in [1.82, 2.24) is 5.32 Å². The zero-order valence-electron chi connectivity index (χ0n) is 17.9. The van der Waals surface area contributed by atoms with E-state index in [2.05, 4.69) is 37.2 Å². The Morgan fingerprint density at radius 2 is 1.74 bits per heavy atom. The van der Waals surface area contributed by atoms with Gasteiger partial charge in [0.1, 0.15) is 12.2 Å². The minimum Gasteiger partial charge on any atom is -0.493 e. The zero-order valence-corrected chi connectivity index (χ0v) is 21.9. The average molecular weight is 602 g/mol. The maximum absolute atomic E-state index is 13.2. The number of benzene rings is 3. The Balaban J connectivity index is 1.59. The van der Waals surface area contributed by atoms with Crippen molar-refractivity contribution in [2.45, 2.75) is 6.61 Å². The lowest BCUT2D eigenvalue weighted by atomic mass is 10.1. The third-order valence-electron chi connectivity index (χ3n) is 4.97. The number of methoxy groups -OCH3 is 1. The summed E-state index contributed by atoms with van der Waals surface area (Å²) in [7, 11) is 1.53. The first-order chi connectivity index (χ1) is 16.4. The summed E-state index contributed by atoms with van der Waals surface area (Å²) >= 11 is 12.1. The van der Waals surface area contributed by atoms with Gasteiger partial charge >= 0.3 is 0 Å². The number of nitrogens with zero attached hydrogens (tertiary/aromatic N) is 1. The topological polar surface area (TPSA) is 67.9 Å². The van der Waals surface area contributed by atoms with Gasteiger partial charge in [-0.25, -0.2) is 0 Å². The number of rotatable bonds is 6. The van der Waals surface area contributed by atoms with Crippen LogP contribution >= 0.6 is 44.1 Å². The quantitative estimate of drug-likeness (QED) is 0.225. The fraction of sp³-hybridized carbons (Fsp3) is 0.0800. The zero-order chi connectivity index (χ0) is 24.2. The molecule has 0 atom stereocenters. The van der Waals surface area contributed by atoms with Gasteiger partial charge in [-0.05, 0) is 71.9 Å². The molecule has 1 saturated heterocycles. The molecular weight excluding hydrogens is 584 g/mol. The number of thiocarbonyl (C=S) groups is 1. The van der Waals surface area contributed by atoms with E-state index in [1.165, 1.54) is 18.1 Å². The highest BCUT2D eigenvalue weighted by molar-refractivity contribution is 9.10. The van der Waals surface area contributed by atoms with Crippen LogP contribution in [0.4, 0.5) is 5.69 Å². The minimum absolute atomic E-state index is 0.0273. The molecule has 3 aromatic rings. The maximum atomic E-state index is 13.2. The van der Waals surface area contributed by atoms with Crippen LogP contribution < -0.4 is 19.7 Å². The van der Waals surface area contributed by atoms with Crippen molar-refractivity contribution in [2.75, 3.05) is 12.0 Å². The first-order valence-electron chi connectivity index (χ1n) is 10.1. The molecule has 34 heavy (non-hydrogen) atoms. The van der Waals surface area contributed by atoms with E-state index in [0.29, 0.717) is 29.4 Å². The van der Waals surface area contributed by atoms with Gasteiger partial charge in [0.2, 0.25) is 0 Å². The fourth-order valence-electron chi connectivity index (χ4n) is 3.31. The number of anilines is 1. The van der Waals surface area contributed by atoms with Gasteiger partial charge in [0.25, 0.3) is 11.8 Å². The number of amides is 2. The molecule has 9 heteroatoms. The van der Waals surface area contributed by atoms with Crippen molar-refractivity contribution < 1.29 is 19.1 Å². The molecule has 1 aliphatic heterocycles. The van der Waals surface area contributed by atoms with Gasteiger partial charge in [-0.3, -0.25) is 19.8 Å². The van der Waals surface area contributed by atoms with Crippen molar-refractivity contribution >= 4 is 72.8 Å². The second-order valence-electron chi connectivity index (χ2n) is 7.26. The van der Waals surface area contributed by atoms with Gasteiger partial charge in [-0.2, -0.15) is 0 Å². The Morgan fingerprint density at radius 3 is 2.44 bits per heavy atom. The third-order valence-corrected chi connectivity index (χ3v) is 6.28. The molecule has 0 bridgehead atoms. The largest absolute Gasteiger partial charge is 0.493 e. The summed E-state index contributed by atoms with van der Waals surface area (Å²) in [6, 6.07) is 20.1. The Labute approximate surface area is 218 Å². The van der Waals surface area contributed by atoms with Gasteiger partial charge < -0.3 is 9.47 Å². The smallest absolute Gasteiger partial charge is 0.270 e. The van der Waals surface area contributed by atoms with Crippen molar-refractivity contribution in [3.63, 3.8) is 0 Å². The molecule has 0 radical (unpaired) electrons. The summed E-state index contributed by atoms with van der Waals surface area (Å²) in [4.78, 5) is 27.1. The van der Waals surface area contributed by atoms with Crippen molar-refractivity contribution in [2.24, 2.45) is 0 Å². The Kier molecular flexibility index (Phi) is 7.45. The van der Waals surface area contributed by atoms with Crippen LogP contribution in [-0.2, 0) is 16.2 Å². The van der Waals surface area contributed by atoms with Crippen LogP contribution in [0.15, 0.2) is 81.2 Å². The van der Waals surface area contributed by atoms with E-state index in [1.807, 2.05) is 30.3 Å². The van der Waals surface area contributed by atoms with Gasteiger partial charge in [0.05, 0.1) is 12.8 Å². The van der Waals surface area contributed by atoms with Crippen LogP contribution in [0, 0.1) is 0 Å². The van der Waals surface area contributed by atoms with Crippen LogP contribution in [0.25, 0.3) is 6.08 Å². The highest BCUT2D eigenvalue weighted by atomic mass is 79.9. The van der Waals surface area contributed by atoms with E-state index in [0.717, 1.165) is 14.5 Å². The van der Waals surface area contributed by atoms with E-state index < -0.39 is 11.8 Å². The summed E-state index contributed by atoms with van der Waals surface area (Å²) in [5, 5.41) is 2.61. The molecule has 1 fully saturated rings. The lowest BCUT2D eigenvalue weighted by molar-refractivity contribution is -0.122. The third kappa shape index (κ3) is 5.38. The average Bonchev–Trinajstić information content (AvgIpc) is 2.81. The van der Waals surface area contributed by atoms with Crippen LogP contribution in [0.3, 0.4) is 0 Å². The van der Waals surface area contributed by atoms with Crippen LogP contribution in [0.2, 0.25) is 0 Å². The number of hydrogen-bond acceptors (Lipinski definition) is 5. The van der Waals surface area contributed by atoms with E-state index in [1.54, 1.807) is 36.4 Å². The summed E-state index contributed by atoms with van der Waals surface area (Å²) in [6.07, 6.45) is 1.51. The first kappa shape index (κ1) is 24.1. The molecule has 0 aromatic heterocycles. The van der Waals surface area contributed by atoms with Gasteiger partial charge in [-0.15, -0.1) is 0 Å². The van der Waals surface area contributed by atoms with Gasteiger partial charge in [-0.1, -0.05) is 56.1 Å². The normalized spacial score (nSPS) is 14.9. The molecule has 1 aliphatic rings. The van der Waals surface area contributed by atoms with Crippen molar-refractivity contribution in [1.29, 1.82) is 0 Å². The summed E-state index contributed by atoms with van der Waals surface area (Å²) in [6.45, 7) is 0.365. The second-order valence-corrected chi connectivity index (χ2v) is 9.48. The standard InChI is InChI=1S/C25H18Br2N2O4S/c1-32-22-12-16(7-10-21(22)33-14-15-5-8-17(26)9-6-15)11-20-23(30)28-25(34)29(24(20)31)19-4-2-3-18(27)13-19/h2-13H,14H2,1H3,(H,28,30,34)/b20-11+. The Bertz CT molecular complexity index is 1310. The molecule has 1 N–H and O–H groups in total. The highest BCUT2D eigenvalue weighted by Gasteiger charge is 2.34. The number of carbonyl (C=O) groups excluding carboxylic acids is 2. The number of ether oxygens (including phenoxy) is 2. The highest BCUT2D eigenvalue weighted by Crippen LogP contribution is 2.31. The minimum atomic E-state index is -0.559. The van der Waals surface area contributed by atoms with E-state index in [-0.39, 0.29) is 10.7 Å². The van der Waals surface area contributed by atoms with Gasteiger partial charge in [0, 0.05) is 8.95 Å². The van der Waals surface area contributed by atoms with E-state index >= 15 is 0 Å². The van der Waals surface area contributed by atoms with Crippen LogP contribution in [0.1, 0.15) is 11.1 Å². The lowest BCUT2D eigenvalue weighted by Crippen LogP contribution is -2.54. The van der Waals surface area contributed by atoms with Crippen molar-refractivity contribution in [3.05, 3.63) is 92.4 Å². The molecule has 0 spiro atoms. The summed E-state index contributed by atoms with van der Waals surface area (Å²) in [5.41, 5.74) is 2.11. The van der Waals surface area contributed by atoms with Crippen molar-refractivity contribution in [3.8, 4) is 11.5 Å². The predicted molar refractivity (Wildman–Crippen MR) is 142 cm³/mol.